The highest BCUT2D eigenvalue weighted by atomic mass is 35.5. The highest BCUT2D eigenvalue weighted by Crippen LogP contribution is 2.28. The van der Waals surface area contributed by atoms with Gasteiger partial charge in [0, 0.05) is 24.9 Å². The number of ether oxygens (including phenoxy) is 1. The molecule has 1 aromatic carbocycles. The van der Waals surface area contributed by atoms with Crippen LogP contribution in [0.4, 0.5) is 0 Å². The van der Waals surface area contributed by atoms with Crippen LogP contribution < -0.4 is 4.74 Å². The number of nitrogens with zero attached hydrogens (tertiary/aromatic N) is 2. The van der Waals surface area contributed by atoms with E-state index in [1.54, 1.807) is 49.0 Å². The van der Waals surface area contributed by atoms with Gasteiger partial charge in [0.2, 0.25) is 11.8 Å². The molecule has 1 aliphatic heterocycles. The smallest absolute Gasteiger partial charge is 0.245 e. The van der Waals surface area contributed by atoms with Crippen molar-refractivity contribution in [3.05, 3.63) is 28.2 Å². The molecule has 2 amide bonds. The maximum absolute atomic E-state index is 12.3. The Morgan fingerprint density at radius 3 is 2.78 bits per heavy atom. The first kappa shape index (κ1) is 18.2. The van der Waals surface area contributed by atoms with Crippen molar-refractivity contribution in [3.63, 3.8) is 0 Å². The molecule has 0 radical (unpaired) electrons. The summed E-state index contributed by atoms with van der Waals surface area (Å²) in [6.45, 7) is 0.199. The van der Waals surface area contributed by atoms with Crippen molar-refractivity contribution in [2.24, 2.45) is 0 Å². The van der Waals surface area contributed by atoms with Crippen molar-refractivity contribution in [3.8, 4) is 5.75 Å². The van der Waals surface area contributed by atoms with Crippen LogP contribution in [-0.4, -0.2) is 60.0 Å². The summed E-state index contributed by atoms with van der Waals surface area (Å²) in [5, 5.41) is 0.930. The van der Waals surface area contributed by atoms with Crippen molar-refractivity contribution < 1.29 is 14.3 Å². The molecule has 126 valence electrons. The van der Waals surface area contributed by atoms with Crippen molar-refractivity contribution in [1.29, 1.82) is 0 Å². The molecule has 0 bridgehead atoms. The topological polar surface area (TPSA) is 49.9 Å². The second-order valence-electron chi connectivity index (χ2n) is 5.29. The fourth-order valence-electron chi connectivity index (χ4n) is 2.18. The molecule has 0 spiro atoms. The van der Waals surface area contributed by atoms with E-state index in [9.17, 15) is 9.59 Å². The first-order chi connectivity index (χ1) is 10.9. The molecule has 0 aromatic heterocycles. The van der Waals surface area contributed by atoms with Gasteiger partial charge < -0.3 is 14.5 Å². The summed E-state index contributed by atoms with van der Waals surface area (Å²) in [4.78, 5) is 27.5. The van der Waals surface area contributed by atoms with Crippen LogP contribution in [0.2, 0.25) is 10.0 Å². The van der Waals surface area contributed by atoms with E-state index in [4.69, 9.17) is 27.9 Å². The SMILES string of the molecule is CN(C)C(=O)C1CSCN1C(=O)CCOc1ccc(Cl)cc1Cl. The molecule has 8 heteroatoms. The molecule has 1 unspecified atom stereocenters. The fraction of sp³-hybridized carbons (Fsp3) is 0.467. The van der Waals surface area contributed by atoms with Gasteiger partial charge in [0.15, 0.2) is 0 Å². The lowest BCUT2D eigenvalue weighted by atomic mass is 10.2. The zero-order valence-corrected chi connectivity index (χ0v) is 15.2. The molecule has 0 saturated carbocycles. The molecule has 0 aliphatic carbocycles. The van der Waals surface area contributed by atoms with Crippen LogP contribution in [0.25, 0.3) is 0 Å². The zero-order valence-electron chi connectivity index (χ0n) is 12.9. The van der Waals surface area contributed by atoms with Crippen molar-refractivity contribution in [1.82, 2.24) is 9.80 Å². The van der Waals surface area contributed by atoms with E-state index in [0.29, 0.717) is 27.4 Å². The van der Waals surface area contributed by atoms with Gasteiger partial charge in [-0.25, -0.2) is 0 Å². The normalized spacial score (nSPS) is 17.2. The van der Waals surface area contributed by atoms with E-state index in [-0.39, 0.29) is 30.9 Å². The van der Waals surface area contributed by atoms with Crippen LogP contribution in [0.3, 0.4) is 0 Å². The average molecular weight is 377 g/mol. The van der Waals surface area contributed by atoms with E-state index in [0.717, 1.165) is 0 Å². The Labute approximate surface area is 149 Å². The van der Waals surface area contributed by atoms with Gasteiger partial charge in [-0.05, 0) is 18.2 Å². The summed E-state index contributed by atoms with van der Waals surface area (Å²) >= 11 is 13.4. The van der Waals surface area contributed by atoms with Gasteiger partial charge in [-0.3, -0.25) is 9.59 Å². The predicted octanol–water partition coefficient (Wildman–Crippen LogP) is 2.75. The highest BCUT2D eigenvalue weighted by molar-refractivity contribution is 7.99. The Balaban J connectivity index is 1.88. The molecule has 1 saturated heterocycles. The summed E-state index contributed by atoms with van der Waals surface area (Å²) in [6.07, 6.45) is 0.191. The van der Waals surface area contributed by atoms with Crippen LogP contribution in [0.5, 0.6) is 5.75 Å². The van der Waals surface area contributed by atoms with Crippen LogP contribution in [0.1, 0.15) is 6.42 Å². The number of hydrogen-bond acceptors (Lipinski definition) is 4. The quantitative estimate of drug-likeness (QED) is 0.792. The third kappa shape index (κ3) is 4.68. The summed E-state index contributed by atoms with van der Waals surface area (Å²) in [5.74, 6) is 1.50. The predicted molar refractivity (Wildman–Crippen MR) is 93.2 cm³/mol. The van der Waals surface area contributed by atoms with Crippen molar-refractivity contribution in [2.45, 2.75) is 12.5 Å². The molecule has 1 fully saturated rings. The Kier molecular flexibility index (Phi) is 6.44. The number of carbonyl (C=O) groups is 2. The van der Waals surface area contributed by atoms with E-state index in [1.165, 1.54) is 4.90 Å². The second-order valence-corrected chi connectivity index (χ2v) is 7.13. The van der Waals surface area contributed by atoms with Gasteiger partial charge in [-0.1, -0.05) is 23.2 Å². The zero-order chi connectivity index (χ0) is 17.0. The van der Waals surface area contributed by atoms with Crippen molar-refractivity contribution in [2.75, 3.05) is 32.3 Å². The number of amides is 2. The van der Waals surface area contributed by atoms with Gasteiger partial charge in [-0.15, -0.1) is 11.8 Å². The molecule has 1 aromatic rings. The number of likely N-dealkylation sites (N-methyl/N-ethyl adjacent to an activating group) is 1. The van der Waals surface area contributed by atoms with Crippen LogP contribution >= 0.6 is 35.0 Å². The van der Waals surface area contributed by atoms with Crippen LogP contribution in [0, 0.1) is 0 Å². The highest BCUT2D eigenvalue weighted by Gasteiger charge is 2.35. The number of rotatable bonds is 5. The molecular formula is C15H18Cl2N2O3S. The number of halogens is 2. The first-order valence-electron chi connectivity index (χ1n) is 7.06. The van der Waals surface area contributed by atoms with Gasteiger partial charge in [0.25, 0.3) is 0 Å². The number of thioether (sulfide) groups is 1. The lowest BCUT2D eigenvalue weighted by Crippen LogP contribution is -2.47. The van der Waals surface area contributed by atoms with Gasteiger partial charge >= 0.3 is 0 Å². The molecule has 1 atom stereocenters. The van der Waals surface area contributed by atoms with E-state index in [1.807, 2.05) is 0 Å². The maximum Gasteiger partial charge on any atom is 0.245 e. The molecule has 23 heavy (non-hydrogen) atoms. The monoisotopic (exact) mass is 376 g/mol. The summed E-state index contributed by atoms with van der Waals surface area (Å²) in [5.41, 5.74) is 0. The van der Waals surface area contributed by atoms with E-state index < -0.39 is 0 Å². The maximum atomic E-state index is 12.3. The average Bonchev–Trinajstić information content (AvgIpc) is 2.97. The molecule has 0 N–H and O–H groups in total. The second kappa shape index (κ2) is 8.13. The summed E-state index contributed by atoms with van der Waals surface area (Å²) in [7, 11) is 3.39. The standard InChI is InChI=1S/C15H18Cl2N2O3S/c1-18(2)15(21)12-8-23-9-19(12)14(20)5-6-22-13-4-3-10(16)7-11(13)17/h3-4,7,12H,5-6,8-9H2,1-2H3. The minimum atomic E-state index is -0.387. The third-order valence-corrected chi connectivity index (χ3v) is 4.94. The molecule has 5 nitrogen and oxygen atoms in total. The number of hydrogen-bond donors (Lipinski definition) is 0. The Hall–Kier alpha value is -1.11. The van der Waals surface area contributed by atoms with Gasteiger partial charge in [0.05, 0.1) is 23.9 Å². The first-order valence-corrected chi connectivity index (χ1v) is 8.97. The van der Waals surface area contributed by atoms with E-state index in [2.05, 4.69) is 0 Å². The van der Waals surface area contributed by atoms with E-state index >= 15 is 0 Å². The number of benzene rings is 1. The summed E-state index contributed by atoms with van der Waals surface area (Å²) < 4.78 is 5.52. The van der Waals surface area contributed by atoms with Gasteiger partial charge in [0.1, 0.15) is 11.8 Å². The minimum Gasteiger partial charge on any atom is -0.491 e. The Morgan fingerprint density at radius 2 is 2.13 bits per heavy atom. The third-order valence-electron chi connectivity index (χ3n) is 3.40. The molecule has 1 heterocycles. The molecule has 2 rings (SSSR count). The van der Waals surface area contributed by atoms with Crippen molar-refractivity contribution >= 4 is 46.8 Å². The molecular weight excluding hydrogens is 359 g/mol. The number of carbonyl (C=O) groups excluding carboxylic acids is 2. The minimum absolute atomic E-state index is 0.0509. The fourth-order valence-corrected chi connectivity index (χ4v) is 3.81. The summed E-state index contributed by atoms with van der Waals surface area (Å²) in [6, 6.07) is 4.54. The molecule has 1 aliphatic rings. The lowest BCUT2D eigenvalue weighted by Gasteiger charge is -2.25. The van der Waals surface area contributed by atoms with Gasteiger partial charge in [-0.2, -0.15) is 0 Å². The largest absolute Gasteiger partial charge is 0.491 e. The lowest BCUT2D eigenvalue weighted by molar-refractivity contribution is -0.142. The Bertz CT molecular complexity index is 598. The Morgan fingerprint density at radius 1 is 1.39 bits per heavy atom. The van der Waals surface area contributed by atoms with Crippen LogP contribution in [0.15, 0.2) is 18.2 Å². The van der Waals surface area contributed by atoms with Crippen LogP contribution in [-0.2, 0) is 9.59 Å².